The molecule has 0 heterocycles. The minimum Gasteiger partial charge on any atom is -0.354 e. The van der Waals surface area contributed by atoms with Crippen molar-refractivity contribution in [2.24, 2.45) is 0 Å². The first-order chi connectivity index (χ1) is 9.04. The maximum Gasteiger partial charge on any atom is 0.234 e. The number of carbonyl (C=O) groups is 1. The smallest absolute Gasteiger partial charge is 0.234 e. The fourth-order valence-corrected chi connectivity index (χ4v) is 1.67. The molecule has 1 unspecified atom stereocenters. The summed E-state index contributed by atoms with van der Waals surface area (Å²) in [5, 5.41) is 11.0. The minimum atomic E-state index is -0.271. The van der Waals surface area contributed by atoms with E-state index >= 15 is 0 Å². The van der Waals surface area contributed by atoms with Crippen LogP contribution in [0.25, 0.3) is 0 Å². The third-order valence-corrected chi connectivity index (χ3v) is 2.97. The highest BCUT2D eigenvalue weighted by molar-refractivity contribution is 5.78. The van der Waals surface area contributed by atoms with Gasteiger partial charge in [-0.1, -0.05) is 12.1 Å². The number of nitriles is 1. The van der Waals surface area contributed by atoms with Crippen LogP contribution in [-0.4, -0.2) is 30.9 Å². The topological polar surface area (TPSA) is 56.1 Å². The zero-order valence-corrected chi connectivity index (χ0v) is 11.2. The number of nitrogens with one attached hydrogen (secondary N) is 1. The normalized spacial score (nSPS) is 11.9. The average molecular weight is 263 g/mol. The molecule has 0 aliphatic carbocycles. The van der Waals surface area contributed by atoms with Crippen LogP contribution in [0.15, 0.2) is 24.3 Å². The van der Waals surface area contributed by atoms with E-state index in [4.69, 9.17) is 5.26 Å². The quantitative estimate of drug-likeness (QED) is 0.797. The van der Waals surface area contributed by atoms with E-state index < -0.39 is 0 Å². The summed E-state index contributed by atoms with van der Waals surface area (Å²) in [5.74, 6) is -0.389. The summed E-state index contributed by atoms with van der Waals surface area (Å²) >= 11 is 0. The van der Waals surface area contributed by atoms with Gasteiger partial charge in [-0.25, -0.2) is 4.39 Å². The molecule has 1 aromatic rings. The lowest BCUT2D eigenvalue weighted by Crippen LogP contribution is -2.36. The first kappa shape index (κ1) is 15.1. The van der Waals surface area contributed by atoms with Gasteiger partial charge in [-0.3, -0.25) is 9.69 Å². The average Bonchev–Trinajstić information content (AvgIpc) is 2.39. The highest BCUT2D eigenvalue weighted by atomic mass is 19.1. The standard InChI is InChI=1S/C14H18FN3O/c1-11(12-4-6-13(15)7-5-12)18(2)10-14(19)17-9-3-8-16/h4-7,11H,3,9-10H2,1-2H3,(H,17,19). The van der Waals surface area contributed by atoms with E-state index in [0.29, 0.717) is 13.0 Å². The van der Waals surface area contributed by atoms with Gasteiger partial charge in [-0.05, 0) is 31.7 Å². The Labute approximate surface area is 112 Å². The van der Waals surface area contributed by atoms with Gasteiger partial charge in [0.2, 0.25) is 5.91 Å². The summed E-state index contributed by atoms with van der Waals surface area (Å²) in [5.41, 5.74) is 0.953. The molecule has 1 N–H and O–H groups in total. The van der Waals surface area contributed by atoms with Gasteiger partial charge in [0.05, 0.1) is 19.0 Å². The van der Waals surface area contributed by atoms with Crippen molar-refractivity contribution in [2.45, 2.75) is 19.4 Å². The first-order valence-corrected chi connectivity index (χ1v) is 6.14. The van der Waals surface area contributed by atoms with Gasteiger partial charge in [-0.2, -0.15) is 5.26 Å². The van der Waals surface area contributed by atoms with Crippen LogP contribution in [0, 0.1) is 17.1 Å². The molecule has 0 radical (unpaired) electrons. The molecule has 0 aromatic heterocycles. The van der Waals surface area contributed by atoms with Gasteiger partial charge in [0.15, 0.2) is 0 Å². The van der Waals surface area contributed by atoms with E-state index in [9.17, 15) is 9.18 Å². The fourth-order valence-electron chi connectivity index (χ4n) is 1.67. The van der Waals surface area contributed by atoms with Gasteiger partial charge in [-0.15, -0.1) is 0 Å². The summed E-state index contributed by atoms with van der Waals surface area (Å²) in [6, 6.07) is 8.23. The Morgan fingerprint density at radius 2 is 2.11 bits per heavy atom. The Balaban J connectivity index is 2.48. The number of benzene rings is 1. The van der Waals surface area contributed by atoms with Crippen LogP contribution >= 0.6 is 0 Å². The highest BCUT2D eigenvalue weighted by Gasteiger charge is 2.14. The summed E-state index contributed by atoms with van der Waals surface area (Å²) < 4.78 is 12.8. The number of likely N-dealkylation sites (N-methyl/N-ethyl adjacent to an activating group) is 1. The number of hydrogen-bond donors (Lipinski definition) is 1. The molecule has 102 valence electrons. The van der Waals surface area contributed by atoms with Crippen LogP contribution < -0.4 is 5.32 Å². The van der Waals surface area contributed by atoms with Crippen molar-refractivity contribution in [3.8, 4) is 6.07 Å². The number of carbonyl (C=O) groups excluding carboxylic acids is 1. The molecule has 0 saturated heterocycles. The van der Waals surface area contributed by atoms with Gasteiger partial charge >= 0.3 is 0 Å². The molecule has 19 heavy (non-hydrogen) atoms. The van der Waals surface area contributed by atoms with E-state index in [1.807, 2.05) is 24.9 Å². The molecule has 1 atom stereocenters. The van der Waals surface area contributed by atoms with Crippen molar-refractivity contribution in [3.63, 3.8) is 0 Å². The SMILES string of the molecule is CC(c1ccc(F)cc1)N(C)CC(=O)NCCC#N. The van der Waals surface area contributed by atoms with Gasteiger partial charge in [0, 0.05) is 12.6 Å². The molecule has 5 heteroatoms. The van der Waals surface area contributed by atoms with Crippen molar-refractivity contribution in [1.29, 1.82) is 5.26 Å². The number of amides is 1. The minimum absolute atomic E-state index is 0.0160. The summed E-state index contributed by atoms with van der Waals surface area (Å²) in [4.78, 5) is 13.5. The molecule has 1 amide bonds. The van der Waals surface area contributed by atoms with E-state index in [1.165, 1.54) is 12.1 Å². The summed E-state index contributed by atoms with van der Waals surface area (Å²) in [6.07, 6.45) is 0.309. The van der Waals surface area contributed by atoms with Crippen LogP contribution in [0.4, 0.5) is 4.39 Å². The van der Waals surface area contributed by atoms with E-state index in [2.05, 4.69) is 5.32 Å². The summed E-state index contributed by atoms with van der Waals surface area (Å²) in [6.45, 7) is 2.56. The van der Waals surface area contributed by atoms with Gasteiger partial charge in [0.25, 0.3) is 0 Å². The van der Waals surface area contributed by atoms with Crippen LogP contribution in [-0.2, 0) is 4.79 Å². The van der Waals surface area contributed by atoms with Crippen molar-refractivity contribution < 1.29 is 9.18 Å². The predicted molar refractivity (Wildman–Crippen MR) is 70.7 cm³/mol. The maximum absolute atomic E-state index is 12.8. The highest BCUT2D eigenvalue weighted by Crippen LogP contribution is 2.18. The zero-order chi connectivity index (χ0) is 14.3. The number of rotatable bonds is 6. The Morgan fingerprint density at radius 1 is 1.47 bits per heavy atom. The molecule has 0 bridgehead atoms. The van der Waals surface area contributed by atoms with Crippen LogP contribution in [0.5, 0.6) is 0 Å². The Kier molecular flexibility index (Phi) is 5.97. The van der Waals surface area contributed by atoms with Crippen molar-refractivity contribution in [2.75, 3.05) is 20.1 Å². The van der Waals surface area contributed by atoms with Crippen molar-refractivity contribution in [1.82, 2.24) is 10.2 Å². The number of hydrogen-bond acceptors (Lipinski definition) is 3. The molecule has 0 aliphatic heterocycles. The largest absolute Gasteiger partial charge is 0.354 e. The van der Waals surface area contributed by atoms with Crippen molar-refractivity contribution >= 4 is 5.91 Å². The summed E-state index contributed by atoms with van der Waals surface area (Å²) in [7, 11) is 1.83. The molecule has 4 nitrogen and oxygen atoms in total. The van der Waals surface area contributed by atoms with E-state index in [0.717, 1.165) is 5.56 Å². The lowest BCUT2D eigenvalue weighted by molar-refractivity contribution is -0.122. The molecule has 1 rings (SSSR count). The molecule has 1 aromatic carbocycles. The number of halogens is 1. The predicted octanol–water partition coefficient (Wildman–Crippen LogP) is 1.85. The lowest BCUT2D eigenvalue weighted by Gasteiger charge is -2.24. The lowest BCUT2D eigenvalue weighted by atomic mass is 10.1. The third-order valence-electron chi connectivity index (χ3n) is 2.97. The van der Waals surface area contributed by atoms with Crippen LogP contribution in [0.3, 0.4) is 0 Å². The van der Waals surface area contributed by atoms with Gasteiger partial charge in [0.1, 0.15) is 5.82 Å². The van der Waals surface area contributed by atoms with Gasteiger partial charge < -0.3 is 5.32 Å². The zero-order valence-electron chi connectivity index (χ0n) is 11.2. The molecule has 0 saturated carbocycles. The maximum atomic E-state index is 12.8. The Morgan fingerprint density at radius 3 is 2.68 bits per heavy atom. The Bertz CT molecular complexity index is 453. The van der Waals surface area contributed by atoms with E-state index in [-0.39, 0.29) is 24.3 Å². The van der Waals surface area contributed by atoms with Crippen LogP contribution in [0.2, 0.25) is 0 Å². The molecule has 0 aliphatic rings. The Hall–Kier alpha value is -1.93. The molecule has 0 spiro atoms. The second-order valence-electron chi connectivity index (χ2n) is 4.40. The van der Waals surface area contributed by atoms with Crippen molar-refractivity contribution in [3.05, 3.63) is 35.6 Å². The molecular formula is C14H18FN3O. The van der Waals surface area contributed by atoms with Crippen LogP contribution in [0.1, 0.15) is 24.9 Å². The monoisotopic (exact) mass is 263 g/mol. The third kappa shape index (κ3) is 5.06. The van der Waals surface area contributed by atoms with E-state index in [1.54, 1.807) is 12.1 Å². The molecular weight excluding hydrogens is 245 g/mol. The fraction of sp³-hybridized carbons (Fsp3) is 0.429. The second kappa shape index (κ2) is 7.49. The molecule has 0 fully saturated rings. The first-order valence-electron chi connectivity index (χ1n) is 6.14. The second-order valence-corrected chi connectivity index (χ2v) is 4.40. The number of nitrogens with zero attached hydrogens (tertiary/aromatic N) is 2.